The first-order valence-electron chi connectivity index (χ1n) is 6.68. The molecule has 2 amide bonds. The van der Waals surface area contributed by atoms with Crippen LogP contribution in [-0.4, -0.2) is 61.4 Å². The quantitative estimate of drug-likeness (QED) is 0.894. The first kappa shape index (κ1) is 18.3. The summed E-state index contributed by atoms with van der Waals surface area (Å²) in [5.74, 6) is -3.19. The molecule has 1 N–H and O–H groups in total. The maximum Gasteiger partial charge on any atom is 0.257 e. The molecule has 2 rings (SSSR count). The molecule has 0 saturated carbocycles. The number of amides is 2. The molecule has 1 aromatic carbocycles. The van der Waals surface area contributed by atoms with Crippen molar-refractivity contribution in [1.29, 1.82) is 0 Å². The summed E-state index contributed by atoms with van der Waals surface area (Å²) in [5, 5.41) is 3.12. The summed E-state index contributed by atoms with van der Waals surface area (Å²) in [6, 6.07) is 3.40. The molecular weight excluding hydrogens is 316 g/mol. The number of nitrogens with zero attached hydrogens (tertiary/aromatic N) is 2. The third kappa shape index (κ3) is 4.14. The van der Waals surface area contributed by atoms with Gasteiger partial charge >= 0.3 is 0 Å². The fraction of sp³-hybridized carbons (Fsp3) is 0.429. The fourth-order valence-electron chi connectivity index (χ4n) is 2.16. The van der Waals surface area contributed by atoms with Gasteiger partial charge in [-0.1, -0.05) is 6.07 Å². The summed E-state index contributed by atoms with van der Waals surface area (Å²) in [6.07, 6.45) is 0. The Hall–Kier alpha value is -1.73. The van der Waals surface area contributed by atoms with Crippen LogP contribution < -0.4 is 5.32 Å². The van der Waals surface area contributed by atoms with Gasteiger partial charge in [0.15, 0.2) is 11.6 Å². The fourth-order valence-corrected chi connectivity index (χ4v) is 2.16. The molecule has 22 heavy (non-hydrogen) atoms. The van der Waals surface area contributed by atoms with Crippen LogP contribution >= 0.6 is 12.4 Å². The van der Waals surface area contributed by atoms with Crippen LogP contribution in [-0.2, 0) is 4.79 Å². The number of hydrogen-bond donors (Lipinski definition) is 1. The van der Waals surface area contributed by atoms with Gasteiger partial charge in [-0.3, -0.25) is 9.59 Å². The van der Waals surface area contributed by atoms with Crippen LogP contribution in [0, 0.1) is 11.6 Å². The zero-order valence-corrected chi connectivity index (χ0v) is 13.0. The minimum absolute atomic E-state index is 0. The molecule has 1 fully saturated rings. The minimum Gasteiger partial charge on any atom is -0.339 e. The number of rotatable bonds is 3. The van der Waals surface area contributed by atoms with Gasteiger partial charge in [0, 0.05) is 33.2 Å². The zero-order valence-electron chi connectivity index (χ0n) is 12.1. The van der Waals surface area contributed by atoms with Crippen molar-refractivity contribution in [3.63, 3.8) is 0 Å². The Bertz CT molecular complexity index is 551. The molecule has 8 heteroatoms. The number of nitrogens with one attached hydrogen (secondary N) is 1. The van der Waals surface area contributed by atoms with Crippen molar-refractivity contribution in [1.82, 2.24) is 15.1 Å². The highest BCUT2D eigenvalue weighted by molar-refractivity contribution is 5.96. The normalized spacial score (nSPS) is 14.2. The van der Waals surface area contributed by atoms with E-state index in [4.69, 9.17) is 0 Å². The molecule has 122 valence electrons. The molecule has 0 aliphatic carbocycles. The van der Waals surface area contributed by atoms with E-state index in [-0.39, 0.29) is 30.4 Å². The monoisotopic (exact) mass is 333 g/mol. The van der Waals surface area contributed by atoms with E-state index >= 15 is 0 Å². The molecule has 0 unspecified atom stereocenters. The highest BCUT2D eigenvalue weighted by Crippen LogP contribution is 2.13. The van der Waals surface area contributed by atoms with E-state index in [1.807, 2.05) is 0 Å². The van der Waals surface area contributed by atoms with Gasteiger partial charge in [0.1, 0.15) is 0 Å². The van der Waals surface area contributed by atoms with Crippen molar-refractivity contribution >= 4 is 24.2 Å². The van der Waals surface area contributed by atoms with Crippen LogP contribution in [0.3, 0.4) is 0 Å². The lowest BCUT2D eigenvalue weighted by Crippen LogP contribution is -2.49. The lowest BCUT2D eigenvalue weighted by atomic mass is 10.2. The Labute approximate surface area is 133 Å². The van der Waals surface area contributed by atoms with Gasteiger partial charge in [0.25, 0.3) is 5.91 Å². The third-order valence-electron chi connectivity index (χ3n) is 3.37. The lowest BCUT2D eigenvalue weighted by molar-refractivity contribution is -0.132. The SMILES string of the molecule is CN(CC(=O)N1CCNCC1)C(=O)c1cccc(F)c1F.Cl. The molecule has 0 atom stereocenters. The molecule has 0 bridgehead atoms. The number of halogens is 3. The van der Waals surface area contributed by atoms with Gasteiger partial charge < -0.3 is 15.1 Å². The summed E-state index contributed by atoms with van der Waals surface area (Å²) in [5.41, 5.74) is -0.370. The van der Waals surface area contributed by atoms with Crippen molar-refractivity contribution in [2.45, 2.75) is 0 Å². The highest BCUT2D eigenvalue weighted by Gasteiger charge is 2.23. The van der Waals surface area contributed by atoms with Crippen LogP contribution in [0.2, 0.25) is 0 Å². The van der Waals surface area contributed by atoms with E-state index < -0.39 is 17.5 Å². The standard InChI is InChI=1S/C14H17F2N3O2.ClH/c1-18(9-12(20)19-7-5-17-6-8-19)14(21)10-3-2-4-11(15)13(10)16;/h2-4,17H,5-9H2,1H3;1H. The number of carbonyl (C=O) groups excluding carboxylic acids is 2. The van der Waals surface area contributed by atoms with Crippen molar-refractivity contribution in [3.05, 3.63) is 35.4 Å². The highest BCUT2D eigenvalue weighted by atomic mass is 35.5. The van der Waals surface area contributed by atoms with Gasteiger partial charge in [0.2, 0.25) is 5.91 Å². The predicted molar refractivity (Wildman–Crippen MR) is 80.0 cm³/mol. The molecular formula is C14H18ClF2N3O2. The Morgan fingerprint density at radius 1 is 1.27 bits per heavy atom. The van der Waals surface area contributed by atoms with Crippen molar-refractivity contribution in [2.24, 2.45) is 0 Å². The first-order valence-corrected chi connectivity index (χ1v) is 6.68. The number of carbonyl (C=O) groups is 2. The largest absolute Gasteiger partial charge is 0.339 e. The Morgan fingerprint density at radius 3 is 2.55 bits per heavy atom. The van der Waals surface area contributed by atoms with Crippen LogP contribution in [0.5, 0.6) is 0 Å². The van der Waals surface area contributed by atoms with Crippen LogP contribution in [0.25, 0.3) is 0 Å². The smallest absolute Gasteiger partial charge is 0.257 e. The van der Waals surface area contributed by atoms with Gasteiger partial charge in [-0.05, 0) is 12.1 Å². The lowest BCUT2D eigenvalue weighted by Gasteiger charge is -2.29. The number of piperazine rings is 1. The van der Waals surface area contributed by atoms with Crippen molar-refractivity contribution in [3.8, 4) is 0 Å². The molecule has 1 aromatic rings. The van der Waals surface area contributed by atoms with Gasteiger partial charge in [-0.2, -0.15) is 0 Å². The van der Waals surface area contributed by atoms with E-state index in [0.717, 1.165) is 11.0 Å². The summed E-state index contributed by atoms with van der Waals surface area (Å²) >= 11 is 0. The van der Waals surface area contributed by atoms with Gasteiger partial charge in [-0.25, -0.2) is 8.78 Å². The number of likely N-dealkylation sites (N-methyl/N-ethyl adjacent to an activating group) is 1. The molecule has 0 radical (unpaired) electrons. The Kier molecular flexibility index (Phi) is 6.70. The van der Waals surface area contributed by atoms with Crippen molar-refractivity contribution in [2.75, 3.05) is 39.8 Å². The molecule has 1 aliphatic heterocycles. The summed E-state index contributed by atoms with van der Waals surface area (Å²) in [6.45, 7) is 2.42. The molecule has 0 spiro atoms. The summed E-state index contributed by atoms with van der Waals surface area (Å²) in [7, 11) is 1.40. The second-order valence-electron chi connectivity index (χ2n) is 4.89. The van der Waals surface area contributed by atoms with Crippen LogP contribution in [0.15, 0.2) is 18.2 Å². The van der Waals surface area contributed by atoms with Crippen LogP contribution in [0.4, 0.5) is 8.78 Å². The first-order chi connectivity index (χ1) is 10.0. The maximum atomic E-state index is 13.6. The van der Waals surface area contributed by atoms with Crippen molar-refractivity contribution < 1.29 is 18.4 Å². The molecule has 1 heterocycles. The second-order valence-corrected chi connectivity index (χ2v) is 4.89. The average Bonchev–Trinajstić information content (AvgIpc) is 2.50. The predicted octanol–water partition coefficient (Wildman–Crippen LogP) is 0.890. The topological polar surface area (TPSA) is 52.7 Å². The van der Waals surface area contributed by atoms with E-state index in [9.17, 15) is 18.4 Å². The third-order valence-corrected chi connectivity index (χ3v) is 3.37. The molecule has 0 aromatic heterocycles. The summed E-state index contributed by atoms with van der Waals surface area (Å²) < 4.78 is 26.7. The van der Waals surface area contributed by atoms with E-state index in [1.54, 1.807) is 4.90 Å². The average molecular weight is 334 g/mol. The maximum absolute atomic E-state index is 13.6. The van der Waals surface area contributed by atoms with Crippen LogP contribution in [0.1, 0.15) is 10.4 Å². The van der Waals surface area contributed by atoms with E-state index in [1.165, 1.54) is 19.2 Å². The van der Waals surface area contributed by atoms with E-state index in [0.29, 0.717) is 26.2 Å². The minimum atomic E-state index is -1.19. The molecule has 1 aliphatic rings. The number of hydrogen-bond acceptors (Lipinski definition) is 3. The zero-order chi connectivity index (χ0) is 15.4. The second kappa shape index (κ2) is 8.05. The number of benzene rings is 1. The van der Waals surface area contributed by atoms with Gasteiger partial charge in [0.05, 0.1) is 12.1 Å². The molecule has 5 nitrogen and oxygen atoms in total. The summed E-state index contributed by atoms with van der Waals surface area (Å²) in [4.78, 5) is 26.8. The Morgan fingerprint density at radius 2 is 1.91 bits per heavy atom. The molecule has 1 saturated heterocycles. The van der Waals surface area contributed by atoms with Gasteiger partial charge in [-0.15, -0.1) is 12.4 Å². The Balaban J connectivity index is 0.00000242. The van der Waals surface area contributed by atoms with E-state index in [2.05, 4.69) is 5.32 Å².